The van der Waals surface area contributed by atoms with Crippen LogP contribution in [0.4, 0.5) is 8.78 Å². The summed E-state index contributed by atoms with van der Waals surface area (Å²) < 4.78 is 30.5. The second kappa shape index (κ2) is 5.76. The standard InChI is InChI=1S/C14H10Cl2F2O/c1-19-13-7-9(2-4-10(13)14(17)18)8-3-5-11(15)12(16)6-8/h2-7,14H,1H3. The van der Waals surface area contributed by atoms with E-state index >= 15 is 0 Å². The van der Waals surface area contributed by atoms with Gasteiger partial charge in [0.1, 0.15) is 5.75 Å². The van der Waals surface area contributed by atoms with Crippen molar-refractivity contribution in [1.82, 2.24) is 0 Å². The Morgan fingerprint density at radius 3 is 2.16 bits per heavy atom. The van der Waals surface area contributed by atoms with Gasteiger partial charge in [0.2, 0.25) is 0 Å². The molecule has 0 N–H and O–H groups in total. The summed E-state index contributed by atoms with van der Waals surface area (Å²) in [6.07, 6.45) is -2.57. The van der Waals surface area contributed by atoms with Gasteiger partial charge in [0.15, 0.2) is 0 Å². The Balaban J connectivity index is 2.48. The van der Waals surface area contributed by atoms with Crippen LogP contribution < -0.4 is 4.74 Å². The van der Waals surface area contributed by atoms with Crippen molar-refractivity contribution in [1.29, 1.82) is 0 Å². The average Bonchev–Trinajstić information content (AvgIpc) is 2.41. The average molecular weight is 303 g/mol. The number of hydrogen-bond donors (Lipinski definition) is 0. The molecule has 0 saturated heterocycles. The summed E-state index contributed by atoms with van der Waals surface area (Å²) in [5.41, 5.74) is 1.39. The van der Waals surface area contributed by atoms with Crippen LogP contribution in [0.5, 0.6) is 5.75 Å². The van der Waals surface area contributed by atoms with E-state index in [0.717, 1.165) is 11.1 Å². The molecule has 0 aliphatic rings. The minimum absolute atomic E-state index is 0.133. The van der Waals surface area contributed by atoms with Crippen LogP contribution in [0.1, 0.15) is 12.0 Å². The first-order chi connectivity index (χ1) is 9.02. The molecule has 5 heteroatoms. The third-order valence-corrected chi connectivity index (χ3v) is 3.46. The maximum atomic E-state index is 12.7. The molecule has 2 rings (SSSR count). The molecule has 0 bridgehead atoms. The maximum absolute atomic E-state index is 12.7. The summed E-state index contributed by atoms with van der Waals surface area (Å²) >= 11 is 11.8. The first kappa shape index (κ1) is 14.1. The van der Waals surface area contributed by atoms with Crippen LogP contribution in [0.25, 0.3) is 11.1 Å². The molecule has 0 fully saturated rings. The zero-order valence-corrected chi connectivity index (χ0v) is 11.5. The predicted octanol–water partition coefficient (Wildman–Crippen LogP) is 5.61. The first-order valence-corrected chi connectivity index (χ1v) is 6.20. The van der Waals surface area contributed by atoms with Gasteiger partial charge in [0.25, 0.3) is 6.43 Å². The molecule has 0 radical (unpaired) electrons. The Bertz CT molecular complexity index is 600. The van der Waals surface area contributed by atoms with Crippen molar-refractivity contribution < 1.29 is 13.5 Å². The van der Waals surface area contributed by atoms with Gasteiger partial charge in [-0.1, -0.05) is 35.3 Å². The van der Waals surface area contributed by atoms with Gasteiger partial charge in [-0.2, -0.15) is 0 Å². The Morgan fingerprint density at radius 2 is 1.58 bits per heavy atom. The van der Waals surface area contributed by atoms with Crippen LogP contribution in [0, 0.1) is 0 Å². The van der Waals surface area contributed by atoms with Crippen LogP contribution >= 0.6 is 23.2 Å². The number of alkyl halides is 2. The lowest BCUT2D eigenvalue weighted by atomic mass is 10.0. The smallest absolute Gasteiger partial charge is 0.267 e. The number of rotatable bonds is 3. The lowest BCUT2D eigenvalue weighted by Crippen LogP contribution is -1.93. The van der Waals surface area contributed by atoms with Crippen molar-refractivity contribution >= 4 is 23.2 Å². The molecule has 0 amide bonds. The van der Waals surface area contributed by atoms with Gasteiger partial charge in [-0.15, -0.1) is 0 Å². The number of hydrogen-bond acceptors (Lipinski definition) is 1. The molecule has 0 atom stereocenters. The van der Waals surface area contributed by atoms with E-state index in [1.54, 1.807) is 30.3 Å². The van der Waals surface area contributed by atoms with Gasteiger partial charge < -0.3 is 4.74 Å². The summed E-state index contributed by atoms with van der Waals surface area (Å²) in [7, 11) is 1.36. The molecule has 0 aliphatic carbocycles. The largest absolute Gasteiger partial charge is 0.496 e. The molecular formula is C14H10Cl2F2O. The Hall–Kier alpha value is -1.32. The van der Waals surface area contributed by atoms with Gasteiger partial charge in [0, 0.05) is 0 Å². The minimum atomic E-state index is -2.57. The van der Waals surface area contributed by atoms with Crippen molar-refractivity contribution in [2.45, 2.75) is 6.43 Å². The van der Waals surface area contributed by atoms with E-state index in [9.17, 15) is 8.78 Å². The SMILES string of the molecule is COc1cc(-c2ccc(Cl)c(Cl)c2)ccc1C(F)F. The van der Waals surface area contributed by atoms with Gasteiger partial charge >= 0.3 is 0 Å². The zero-order chi connectivity index (χ0) is 14.0. The monoisotopic (exact) mass is 302 g/mol. The van der Waals surface area contributed by atoms with Gasteiger partial charge in [0.05, 0.1) is 22.7 Å². The van der Waals surface area contributed by atoms with Crippen LogP contribution in [0.2, 0.25) is 10.0 Å². The highest BCUT2D eigenvalue weighted by Gasteiger charge is 2.14. The summed E-state index contributed by atoms with van der Waals surface area (Å²) in [5, 5.41) is 0.859. The Labute approximate surface area is 119 Å². The molecule has 100 valence electrons. The Morgan fingerprint density at radius 1 is 0.947 bits per heavy atom. The van der Waals surface area contributed by atoms with Crippen LogP contribution in [-0.4, -0.2) is 7.11 Å². The molecule has 0 heterocycles. The summed E-state index contributed by atoms with van der Waals surface area (Å²) in [6, 6.07) is 9.62. The fourth-order valence-electron chi connectivity index (χ4n) is 1.75. The molecule has 0 spiro atoms. The molecule has 1 nitrogen and oxygen atoms in total. The van der Waals surface area contributed by atoms with Gasteiger partial charge in [-0.05, 0) is 35.4 Å². The van der Waals surface area contributed by atoms with Crippen molar-refractivity contribution in [3.05, 3.63) is 52.0 Å². The Kier molecular flexibility index (Phi) is 4.27. The topological polar surface area (TPSA) is 9.23 Å². The highest BCUT2D eigenvalue weighted by molar-refractivity contribution is 6.42. The van der Waals surface area contributed by atoms with Crippen molar-refractivity contribution in [2.75, 3.05) is 7.11 Å². The lowest BCUT2D eigenvalue weighted by molar-refractivity contribution is 0.147. The summed E-state index contributed by atoms with van der Waals surface area (Å²) in [4.78, 5) is 0. The molecule has 19 heavy (non-hydrogen) atoms. The van der Waals surface area contributed by atoms with Crippen molar-refractivity contribution in [2.24, 2.45) is 0 Å². The van der Waals surface area contributed by atoms with E-state index in [0.29, 0.717) is 10.0 Å². The van der Waals surface area contributed by atoms with E-state index in [-0.39, 0.29) is 11.3 Å². The van der Waals surface area contributed by atoms with Crippen molar-refractivity contribution in [3.8, 4) is 16.9 Å². The van der Waals surface area contributed by atoms with E-state index in [2.05, 4.69) is 0 Å². The predicted molar refractivity (Wildman–Crippen MR) is 73.4 cm³/mol. The molecule has 0 aromatic heterocycles. The van der Waals surface area contributed by atoms with E-state index in [4.69, 9.17) is 27.9 Å². The number of halogens is 4. The van der Waals surface area contributed by atoms with E-state index in [1.807, 2.05) is 0 Å². The zero-order valence-electron chi connectivity index (χ0n) is 9.96. The number of benzene rings is 2. The summed E-state index contributed by atoms with van der Waals surface area (Å²) in [5.74, 6) is 0.151. The molecule has 0 aliphatic heterocycles. The van der Waals surface area contributed by atoms with Crippen LogP contribution in [0.3, 0.4) is 0 Å². The highest BCUT2D eigenvalue weighted by atomic mass is 35.5. The number of methoxy groups -OCH3 is 1. The second-order valence-electron chi connectivity index (χ2n) is 3.89. The first-order valence-electron chi connectivity index (χ1n) is 5.44. The van der Waals surface area contributed by atoms with Crippen LogP contribution in [0.15, 0.2) is 36.4 Å². The third-order valence-electron chi connectivity index (χ3n) is 2.72. The fourth-order valence-corrected chi connectivity index (χ4v) is 2.04. The number of ether oxygens (including phenoxy) is 1. The molecule has 2 aromatic carbocycles. The molecule has 0 unspecified atom stereocenters. The molecule has 2 aromatic rings. The summed E-state index contributed by atoms with van der Waals surface area (Å²) in [6.45, 7) is 0. The van der Waals surface area contributed by atoms with Crippen molar-refractivity contribution in [3.63, 3.8) is 0 Å². The van der Waals surface area contributed by atoms with Gasteiger partial charge in [-0.25, -0.2) is 8.78 Å². The minimum Gasteiger partial charge on any atom is -0.496 e. The van der Waals surface area contributed by atoms with E-state index in [1.165, 1.54) is 13.2 Å². The lowest BCUT2D eigenvalue weighted by Gasteiger charge is -2.10. The molecule has 0 saturated carbocycles. The quantitative estimate of drug-likeness (QED) is 0.716. The third kappa shape index (κ3) is 2.99. The van der Waals surface area contributed by atoms with Gasteiger partial charge in [-0.3, -0.25) is 0 Å². The fraction of sp³-hybridized carbons (Fsp3) is 0.143. The highest BCUT2D eigenvalue weighted by Crippen LogP contribution is 2.34. The van der Waals surface area contributed by atoms with E-state index < -0.39 is 6.43 Å². The maximum Gasteiger partial charge on any atom is 0.267 e. The molecular weight excluding hydrogens is 293 g/mol. The second-order valence-corrected chi connectivity index (χ2v) is 4.70. The van der Waals surface area contributed by atoms with Crippen LogP contribution in [-0.2, 0) is 0 Å². The normalized spacial score (nSPS) is 10.8.